The molecule has 2 aromatic heterocycles. The number of rotatable bonds is 5. The van der Waals surface area contributed by atoms with Gasteiger partial charge in [0.1, 0.15) is 4.70 Å². The summed E-state index contributed by atoms with van der Waals surface area (Å²) in [4.78, 5) is 45.2. The molecule has 9 heteroatoms. The minimum absolute atomic E-state index is 0.141. The number of carbonyl (C=O) groups excluding carboxylic acids is 2. The molecule has 1 aromatic carbocycles. The van der Waals surface area contributed by atoms with Crippen LogP contribution < -0.4 is 5.56 Å². The Kier molecular flexibility index (Phi) is 6.60. The third kappa shape index (κ3) is 4.46. The number of thiophene rings is 1. The van der Waals surface area contributed by atoms with E-state index in [9.17, 15) is 14.4 Å². The third-order valence-corrected chi connectivity index (χ3v) is 7.45. The van der Waals surface area contributed by atoms with E-state index < -0.39 is 5.25 Å². The Balaban J connectivity index is 1.65. The first-order valence-electron chi connectivity index (χ1n) is 9.86. The lowest BCUT2D eigenvalue weighted by Gasteiger charge is -2.23. The molecule has 31 heavy (non-hydrogen) atoms. The zero-order chi connectivity index (χ0) is 22.0. The van der Waals surface area contributed by atoms with Crippen LogP contribution in [0.1, 0.15) is 29.6 Å². The predicted octanol–water partition coefficient (Wildman–Crippen LogP) is 4.61. The topological polar surface area (TPSA) is 72.3 Å². The van der Waals surface area contributed by atoms with Crippen LogP contribution in [0.4, 0.5) is 0 Å². The number of likely N-dealkylation sites (tertiary alicyclic amines) is 1. The lowest BCUT2D eigenvalue weighted by Crippen LogP contribution is -2.41. The van der Waals surface area contributed by atoms with Crippen molar-refractivity contribution in [2.45, 2.75) is 36.2 Å². The van der Waals surface area contributed by atoms with Crippen molar-refractivity contribution in [3.8, 4) is 0 Å². The monoisotopic (exact) mass is 473 g/mol. The molecule has 1 saturated heterocycles. The van der Waals surface area contributed by atoms with Crippen LogP contribution in [0.15, 0.2) is 58.3 Å². The van der Waals surface area contributed by atoms with Crippen molar-refractivity contribution in [2.24, 2.45) is 0 Å². The average molecular weight is 474 g/mol. The van der Waals surface area contributed by atoms with Crippen molar-refractivity contribution >= 4 is 56.7 Å². The van der Waals surface area contributed by atoms with Gasteiger partial charge in [0.15, 0.2) is 5.16 Å². The van der Waals surface area contributed by atoms with E-state index in [1.54, 1.807) is 41.0 Å². The molecule has 160 valence electrons. The van der Waals surface area contributed by atoms with E-state index in [0.717, 1.165) is 12.8 Å². The zero-order valence-electron chi connectivity index (χ0n) is 16.6. The van der Waals surface area contributed by atoms with Crippen molar-refractivity contribution in [2.75, 3.05) is 6.54 Å². The first-order chi connectivity index (χ1) is 15.0. The predicted molar refractivity (Wildman–Crippen MR) is 125 cm³/mol. The molecule has 0 spiro atoms. The van der Waals surface area contributed by atoms with Crippen molar-refractivity contribution in [1.29, 1.82) is 0 Å². The highest BCUT2D eigenvalue weighted by Gasteiger charge is 2.33. The van der Waals surface area contributed by atoms with Crippen molar-refractivity contribution < 1.29 is 9.59 Å². The minimum atomic E-state index is -0.502. The lowest BCUT2D eigenvalue weighted by molar-refractivity contribution is -0.127. The summed E-state index contributed by atoms with van der Waals surface area (Å²) in [6.45, 7) is 4.41. The number of aromatic nitrogens is 2. The fourth-order valence-electron chi connectivity index (χ4n) is 3.50. The fourth-order valence-corrected chi connectivity index (χ4v) is 5.60. The van der Waals surface area contributed by atoms with E-state index in [1.807, 2.05) is 5.38 Å². The van der Waals surface area contributed by atoms with Gasteiger partial charge in [0.05, 0.1) is 10.8 Å². The van der Waals surface area contributed by atoms with Crippen LogP contribution in [0.3, 0.4) is 0 Å². The first kappa shape index (κ1) is 21.8. The van der Waals surface area contributed by atoms with Crippen LogP contribution in [-0.2, 0) is 11.3 Å². The normalized spacial score (nSPS) is 17.0. The molecule has 3 heterocycles. The summed E-state index contributed by atoms with van der Waals surface area (Å²) < 4.78 is 2.12. The number of nitrogens with zero attached hydrogens (tertiary/aromatic N) is 3. The number of fused-ring (bicyclic) bond motifs is 1. The van der Waals surface area contributed by atoms with E-state index in [4.69, 9.17) is 11.6 Å². The number of hydrogen-bond acceptors (Lipinski definition) is 6. The van der Waals surface area contributed by atoms with Gasteiger partial charge in [-0.3, -0.25) is 23.9 Å². The second-order valence-electron chi connectivity index (χ2n) is 7.14. The molecule has 0 radical (unpaired) electrons. The van der Waals surface area contributed by atoms with Gasteiger partial charge in [-0.05, 0) is 48.6 Å². The van der Waals surface area contributed by atoms with Gasteiger partial charge >= 0.3 is 0 Å². The summed E-state index contributed by atoms with van der Waals surface area (Å²) in [5.74, 6) is -0.592. The molecule has 0 saturated carbocycles. The number of halogens is 1. The van der Waals surface area contributed by atoms with Gasteiger partial charge in [0, 0.05) is 23.7 Å². The molecule has 0 bridgehead atoms. The zero-order valence-corrected chi connectivity index (χ0v) is 19.0. The second-order valence-corrected chi connectivity index (χ2v) is 9.66. The van der Waals surface area contributed by atoms with E-state index in [1.165, 1.54) is 28.0 Å². The van der Waals surface area contributed by atoms with Gasteiger partial charge < -0.3 is 0 Å². The molecule has 2 amide bonds. The Hall–Kier alpha value is -2.42. The maximum Gasteiger partial charge on any atom is 0.272 e. The van der Waals surface area contributed by atoms with E-state index in [0.29, 0.717) is 45.5 Å². The van der Waals surface area contributed by atoms with Crippen LogP contribution in [0, 0.1) is 0 Å². The van der Waals surface area contributed by atoms with Crippen LogP contribution in [0.5, 0.6) is 0 Å². The van der Waals surface area contributed by atoms with E-state index in [2.05, 4.69) is 11.6 Å². The number of benzene rings is 1. The third-order valence-electron chi connectivity index (χ3n) is 5.07. The van der Waals surface area contributed by atoms with E-state index >= 15 is 0 Å². The Morgan fingerprint density at radius 1 is 1.26 bits per heavy atom. The lowest BCUT2D eigenvalue weighted by atomic mass is 10.2. The summed E-state index contributed by atoms with van der Waals surface area (Å²) in [6.07, 6.45) is 3.79. The van der Waals surface area contributed by atoms with E-state index in [-0.39, 0.29) is 17.4 Å². The molecule has 4 rings (SSSR count). The molecule has 1 aliphatic heterocycles. The number of thioether (sulfide) groups is 1. The highest BCUT2D eigenvalue weighted by molar-refractivity contribution is 8.00. The molecule has 1 aliphatic rings. The highest BCUT2D eigenvalue weighted by atomic mass is 35.5. The molecular formula is C22H20ClN3O3S2. The number of allylic oxidation sites excluding steroid dienone is 1. The smallest absolute Gasteiger partial charge is 0.272 e. The SMILES string of the molecule is C=CCn1c(SC2CCCCN(C(=O)c3ccc(Cl)cc3)C2=O)nc2ccsc2c1=O. The average Bonchev–Trinajstić information content (AvgIpc) is 3.16. The van der Waals surface area contributed by atoms with Crippen molar-refractivity contribution in [3.63, 3.8) is 0 Å². The van der Waals surface area contributed by atoms with Gasteiger partial charge in [-0.2, -0.15) is 0 Å². The summed E-state index contributed by atoms with van der Waals surface area (Å²) in [5.41, 5.74) is 0.898. The van der Waals surface area contributed by atoms with Gasteiger partial charge in [-0.1, -0.05) is 35.9 Å². The second kappa shape index (κ2) is 9.38. The minimum Gasteiger partial charge on any atom is -0.282 e. The summed E-state index contributed by atoms with van der Waals surface area (Å²) >= 11 is 8.52. The van der Waals surface area contributed by atoms with Crippen molar-refractivity contribution in [3.05, 3.63) is 69.3 Å². The summed E-state index contributed by atoms with van der Waals surface area (Å²) in [5, 5.41) is 2.32. The first-order valence-corrected chi connectivity index (χ1v) is 12.0. The maximum atomic E-state index is 13.3. The Bertz CT molecular complexity index is 1200. The largest absolute Gasteiger partial charge is 0.282 e. The molecule has 0 aliphatic carbocycles. The molecule has 1 unspecified atom stereocenters. The molecule has 1 fully saturated rings. The van der Waals surface area contributed by atoms with Gasteiger partial charge in [0.2, 0.25) is 5.91 Å². The van der Waals surface area contributed by atoms with Crippen LogP contribution in [-0.4, -0.2) is 38.1 Å². The van der Waals surface area contributed by atoms with Crippen LogP contribution >= 0.6 is 34.7 Å². The Morgan fingerprint density at radius 3 is 2.77 bits per heavy atom. The number of amides is 2. The molecule has 0 N–H and O–H groups in total. The quantitative estimate of drug-likeness (QED) is 0.307. The van der Waals surface area contributed by atoms with Crippen LogP contribution in [0.25, 0.3) is 10.2 Å². The fraction of sp³-hybridized carbons (Fsp3) is 0.273. The molecule has 3 aromatic rings. The molecular weight excluding hydrogens is 454 g/mol. The highest BCUT2D eigenvalue weighted by Crippen LogP contribution is 2.31. The molecule has 6 nitrogen and oxygen atoms in total. The maximum absolute atomic E-state index is 13.3. The van der Waals surface area contributed by atoms with Crippen molar-refractivity contribution in [1.82, 2.24) is 14.5 Å². The number of hydrogen-bond donors (Lipinski definition) is 0. The van der Waals surface area contributed by atoms with Gasteiger partial charge in [0.25, 0.3) is 11.5 Å². The number of carbonyl (C=O) groups is 2. The van der Waals surface area contributed by atoms with Crippen LogP contribution in [0.2, 0.25) is 5.02 Å². The number of imide groups is 1. The Labute approximate surface area is 192 Å². The summed E-state index contributed by atoms with van der Waals surface area (Å²) in [7, 11) is 0. The van der Waals surface area contributed by atoms with Gasteiger partial charge in [-0.25, -0.2) is 4.98 Å². The Morgan fingerprint density at radius 2 is 2.03 bits per heavy atom. The van der Waals surface area contributed by atoms with Gasteiger partial charge in [-0.15, -0.1) is 17.9 Å². The standard InChI is InChI=1S/C22H20ClN3O3S2/c1-2-11-26-21(29)18-16(10-13-30-18)24-22(26)31-17-5-3-4-12-25(20(17)28)19(27)14-6-8-15(23)9-7-14/h2,6-10,13,17H,1,3-5,11-12H2. The summed E-state index contributed by atoms with van der Waals surface area (Å²) in [6, 6.07) is 8.32. The molecule has 1 atom stereocenters.